The van der Waals surface area contributed by atoms with E-state index in [9.17, 15) is 1.37 Å². The topological polar surface area (TPSA) is 17.0 Å². The second-order valence-electron chi connectivity index (χ2n) is 11.8. The molecule has 0 bridgehead atoms. The van der Waals surface area contributed by atoms with Gasteiger partial charge in [-0.1, -0.05) is 81.4 Å². The van der Waals surface area contributed by atoms with Gasteiger partial charge >= 0.3 is 0 Å². The van der Waals surface area contributed by atoms with Crippen LogP contribution in [0.2, 0.25) is 0 Å². The molecular weight excluding hydrogens is 493 g/mol. The van der Waals surface area contributed by atoms with Gasteiger partial charge in [0.25, 0.3) is 0 Å². The first kappa shape index (κ1) is 23.4. The monoisotopic (exact) mass is 525 g/mol. The summed E-state index contributed by atoms with van der Waals surface area (Å²) in [6.45, 7) is 8.72. The minimum atomic E-state index is -0.399. The molecule has 2 nitrogen and oxygen atoms in total. The lowest BCUT2D eigenvalue weighted by Gasteiger charge is -2.19. The zero-order valence-corrected chi connectivity index (χ0v) is 23.4. The first-order valence-corrected chi connectivity index (χ1v) is 13.7. The van der Waals surface area contributed by atoms with E-state index >= 15 is 4.39 Å². The highest BCUT2D eigenvalue weighted by Gasteiger charge is 2.26. The first-order chi connectivity index (χ1) is 19.6. The van der Waals surface area contributed by atoms with Crippen LogP contribution in [0, 0.1) is 12.7 Å². The Kier molecular flexibility index (Phi) is 5.12. The number of nitrogens with zero attached hydrogens (tertiary/aromatic N) is 1. The fraction of sp³-hybridized carbons (Fsp3) is 0.162. The van der Waals surface area contributed by atoms with Crippen molar-refractivity contribution in [2.75, 3.05) is 0 Å². The van der Waals surface area contributed by atoms with Crippen LogP contribution in [0.25, 0.3) is 65.9 Å². The Morgan fingerprint density at radius 1 is 0.750 bits per heavy atom. The molecule has 0 saturated heterocycles. The summed E-state index contributed by atoms with van der Waals surface area (Å²) in [7, 11) is 2.04. The minimum Gasteiger partial charge on any atom is -0.454 e. The zero-order chi connectivity index (χ0) is 28.6. The van der Waals surface area contributed by atoms with Gasteiger partial charge in [0, 0.05) is 22.9 Å². The predicted octanol–water partition coefficient (Wildman–Crippen LogP) is 9.80. The maximum Gasteiger partial charge on any atom is 0.216 e. The van der Waals surface area contributed by atoms with Crippen molar-refractivity contribution in [3.8, 4) is 22.4 Å². The Balaban J connectivity index is 1.61. The van der Waals surface area contributed by atoms with Gasteiger partial charge < -0.3 is 4.42 Å². The Morgan fingerprint density at radius 3 is 2.15 bits per heavy atom. The molecule has 0 N–H and O–H groups in total. The SMILES string of the molecule is [2H]c1c(-c2c(F)ccc3c2oc2c(-c4cc(C(C)(C)C)cc[n+]4C)c(C)ccc23)c2ccccc2c2ccccc12. The number of hydrogen-bond donors (Lipinski definition) is 0. The van der Waals surface area contributed by atoms with E-state index in [1.807, 2.05) is 55.6 Å². The predicted molar refractivity (Wildman–Crippen MR) is 164 cm³/mol. The van der Waals surface area contributed by atoms with Gasteiger partial charge in [0.1, 0.15) is 24.0 Å². The third-order valence-corrected chi connectivity index (χ3v) is 8.16. The average Bonchev–Trinajstić information content (AvgIpc) is 3.32. The second kappa shape index (κ2) is 8.76. The van der Waals surface area contributed by atoms with Crippen LogP contribution in [-0.2, 0) is 12.5 Å². The van der Waals surface area contributed by atoms with Gasteiger partial charge in [-0.2, -0.15) is 0 Å². The molecule has 7 rings (SSSR count). The molecule has 2 aromatic heterocycles. The van der Waals surface area contributed by atoms with E-state index in [4.69, 9.17) is 4.42 Å². The number of rotatable bonds is 2. The summed E-state index contributed by atoms with van der Waals surface area (Å²) in [6, 6.07) is 28.0. The van der Waals surface area contributed by atoms with Gasteiger partial charge in [0.15, 0.2) is 6.20 Å². The van der Waals surface area contributed by atoms with Crippen molar-refractivity contribution >= 4 is 43.5 Å². The van der Waals surface area contributed by atoms with E-state index in [1.165, 1.54) is 11.6 Å². The van der Waals surface area contributed by atoms with Gasteiger partial charge in [-0.3, -0.25) is 0 Å². The summed E-state index contributed by atoms with van der Waals surface area (Å²) in [5, 5.41) is 5.37. The quantitative estimate of drug-likeness (QED) is 0.162. The molecule has 0 amide bonds. The highest BCUT2D eigenvalue weighted by atomic mass is 19.1. The van der Waals surface area contributed by atoms with Crippen LogP contribution in [-0.4, -0.2) is 0 Å². The maximum absolute atomic E-state index is 16.0. The molecule has 0 radical (unpaired) electrons. The molecule has 0 aliphatic rings. The third-order valence-electron chi connectivity index (χ3n) is 8.16. The number of aromatic nitrogens is 1. The fourth-order valence-corrected chi connectivity index (χ4v) is 5.98. The first-order valence-electron chi connectivity index (χ1n) is 14.2. The lowest BCUT2D eigenvalue weighted by atomic mass is 9.86. The lowest BCUT2D eigenvalue weighted by Crippen LogP contribution is -2.32. The van der Waals surface area contributed by atoms with Crippen molar-refractivity contribution in [1.29, 1.82) is 0 Å². The van der Waals surface area contributed by atoms with E-state index in [0.29, 0.717) is 22.8 Å². The van der Waals surface area contributed by atoms with Gasteiger partial charge in [-0.15, -0.1) is 0 Å². The normalized spacial score (nSPS) is 12.6. The van der Waals surface area contributed by atoms with E-state index in [-0.39, 0.29) is 5.41 Å². The molecule has 5 aromatic carbocycles. The molecule has 0 saturated carbocycles. The number of furan rings is 1. The van der Waals surface area contributed by atoms with Crippen molar-refractivity contribution in [3.63, 3.8) is 0 Å². The maximum atomic E-state index is 16.0. The van der Waals surface area contributed by atoms with Crippen LogP contribution >= 0.6 is 0 Å². The van der Waals surface area contributed by atoms with Crippen LogP contribution in [0.1, 0.15) is 33.3 Å². The fourth-order valence-electron chi connectivity index (χ4n) is 5.98. The number of pyridine rings is 1. The summed E-state index contributed by atoms with van der Waals surface area (Å²) in [6.07, 6.45) is 2.09. The molecule has 0 aliphatic carbocycles. The summed E-state index contributed by atoms with van der Waals surface area (Å²) < 4.78 is 34.2. The van der Waals surface area contributed by atoms with Crippen LogP contribution in [0.5, 0.6) is 0 Å². The van der Waals surface area contributed by atoms with Gasteiger partial charge in [0.2, 0.25) is 5.69 Å². The standard InChI is InChI=1S/C37H31FNO/c1-22-14-15-28-29-16-17-31(38)34(30-20-23-10-6-7-11-25(23)26-12-8-9-13-27(26)30)36(29)40-35(28)33(22)32-21-24(37(2,3)4)18-19-39(32)5/h6-21H,1-5H3/q+1/i20D. The van der Waals surface area contributed by atoms with Gasteiger partial charge in [-0.05, 0) is 68.7 Å². The summed E-state index contributed by atoms with van der Waals surface area (Å²) in [4.78, 5) is 0. The highest BCUT2D eigenvalue weighted by molar-refractivity contribution is 6.18. The number of aryl methyl sites for hydroxylation is 2. The molecule has 0 fully saturated rings. The van der Waals surface area contributed by atoms with Crippen molar-refractivity contribution in [3.05, 3.63) is 114 Å². The molecule has 40 heavy (non-hydrogen) atoms. The Bertz CT molecular complexity index is 2180. The largest absolute Gasteiger partial charge is 0.454 e. The van der Waals surface area contributed by atoms with E-state index in [2.05, 4.69) is 62.7 Å². The Hall–Kier alpha value is -4.50. The van der Waals surface area contributed by atoms with Gasteiger partial charge in [0.05, 0.1) is 12.5 Å². The third kappa shape index (κ3) is 3.65. The highest BCUT2D eigenvalue weighted by Crippen LogP contribution is 2.44. The van der Waals surface area contributed by atoms with Crippen LogP contribution in [0.4, 0.5) is 4.39 Å². The molecular formula is C37H31FNO+. The molecule has 3 heteroatoms. The Labute approximate surface area is 234 Å². The van der Waals surface area contributed by atoms with Crippen LogP contribution in [0.3, 0.4) is 0 Å². The van der Waals surface area contributed by atoms with Crippen molar-refractivity contribution in [1.82, 2.24) is 0 Å². The molecule has 0 spiro atoms. The van der Waals surface area contributed by atoms with Crippen LogP contribution < -0.4 is 4.57 Å². The zero-order valence-electron chi connectivity index (χ0n) is 24.4. The lowest BCUT2D eigenvalue weighted by molar-refractivity contribution is -0.660. The number of benzene rings is 5. The number of hydrogen-bond acceptors (Lipinski definition) is 1. The van der Waals surface area contributed by atoms with Gasteiger partial charge in [-0.25, -0.2) is 8.96 Å². The van der Waals surface area contributed by atoms with Crippen molar-refractivity contribution in [2.24, 2.45) is 7.05 Å². The summed E-state index contributed by atoms with van der Waals surface area (Å²) >= 11 is 0. The van der Waals surface area contributed by atoms with Crippen molar-refractivity contribution < 1.29 is 14.7 Å². The van der Waals surface area contributed by atoms with E-state index < -0.39 is 5.82 Å². The minimum absolute atomic E-state index is 0.0172. The molecule has 2 heterocycles. The molecule has 0 unspecified atom stereocenters. The van der Waals surface area contributed by atoms with Crippen LogP contribution in [0.15, 0.2) is 102 Å². The Morgan fingerprint density at radius 2 is 1.40 bits per heavy atom. The molecule has 0 aliphatic heterocycles. The molecule has 196 valence electrons. The summed E-state index contributed by atoms with van der Waals surface area (Å²) in [5.74, 6) is -0.399. The molecule has 7 aromatic rings. The number of fused-ring (bicyclic) bond motifs is 6. The summed E-state index contributed by atoms with van der Waals surface area (Å²) in [5.41, 5.74) is 6.41. The average molecular weight is 526 g/mol. The second-order valence-corrected chi connectivity index (χ2v) is 11.8. The van der Waals surface area contributed by atoms with E-state index in [0.717, 1.165) is 54.7 Å². The smallest absolute Gasteiger partial charge is 0.216 e. The number of halogens is 1. The van der Waals surface area contributed by atoms with Crippen molar-refractivity contribution in [2.45, 2.75) is 33.1 Å². The molecule has 0 atom stereocenters. The van der Waals surface area contributed by atoms with E-state index in [1.54, 1.807) is 6.07 Å².